The maximum absolute atomic E-state index is 13.7. The van der Waals surface area contributed by atoms with Gasteiger partial charge < -0.3 is 0 Å². The molecule has 7 rings (SSSR count). The Morgan fingerprint density at radius 2 is 1.84 bits per heavy atom. The van der Waals surface area contributed by atoms with Gasteiger partial charge in [-0.1, -0.05) is 43.7 Å². The van der Waals surface area contributed by atoms with Crippen LogP contribution in [-0.2, 0) is 9.59 Å². The number of hydrogen-bond donors (Lipinski definition) is 0. The number of carbonyl (C=O) groups excluding carboxylic acids is 2. The summed E-state index contributed by atoms with van der Waals surface area (Å²) in [4.78, 5) is 34.7. The third kappa shape index (κ3) is 3.70. The van der Waals surface area contributed by atoms with Gasteiger partial charge in [0.1, 0.15) is 5.78 Å². The van der Waals surface area contributed by atoms with Crippen molar-refractivity contribution in [2.75, 3.05) is 0 Å². The van der Waals surface area contributed by atoms with Gasteiger partial charge in [0.05, 0.1) is 11.9 Å². The van der Waals surface area contributed by atoms with E-state index in [-0.39, 0.29) is 17.1 Å². The van der Waals surface area contributed by atoms with E-state index in [1.54, 1.807) is 18.0 Å². The minimum absolute atomic E-state index is 0.0355. The van der Waals surface area contributed by atoms with Crippen molar-refractivity contribution in [1.29, 1.82) is 0 Å². The van der Waals surface area contributed by atoms with E-state index in [0.29, 0.717) is 41.8 Å². The first-order valence-corrected chi connectivity index (χ1v) is 14.3. The Morgan fingerprint density at radius 3 is 2.57 bits per heavy atom. The smallest absolute Gasteiger partial charge is 0.156 e. The molecule has 1 heterocycles. The number of fused-ring (bicyclic) bond motifs is 4. The highest BCUT2D eigenvalue weighted by Crippen LogP contribution is 2.67. The van der Waals surface area contributed by atoms with Crippen LogP contribution in [0.4, 0.5) is 0 Å². The summed E-state index contributed by atoms with van der Waals surface area (Å²) >= 11 is 0. The Labute approximate surface area is 219 Å². The zero-order valence-corrected chi connectivity index (χ0v) is 22.0. The number of hydrogen-bond acceptors (Lipinski definition) is 4. The number of nitrogens with zero attached hydrogens (tertiary/aromatic N) is 2. The summed E-state index contributed by atoms with van der Waals surface area (Å²) in [5, 5.41) is 0. The van der Waals surface area contributed by atoms with E-state index < -0.39 is 0 Å². The molecule has 1 aromatic heterocycles. The maximum atomic E-state index is 13.7. The van der Waals surface area contributed by atoms with Gasteiger partial charge in [-0.25, -0.2) is 0 Å². The van der Waals surface area contributed by atoms with E-state index in [9.17, 15) is 9.59 Å². The van der Waals surface area contributed by atoms with Crippen LogP contribution < -0.4 is 0 Å². The molecule has 4 nitrogen and oxygen atoms in total. The van der Waals surface area contributed by atoms with Crippen LogP contribution in [0.2, 0.25) is 0 Å². The van der Waals surface area contributed by atoms with Gasteiger partial charge >= 0.3 is 0 Å². The first-order chi connectivity index (χ1) is 17.9. The van der Waals surface area contributed by atoms with Crippen molar-refractivity contribution in [3.63, 3.8) is 0 Å². The molecule has 2 aromatic rings. The van der Waals surface area contributed by atoms with Crippen LogP contribution in [0.25, 0.3) is 11.3 Å². The quantitative estimate of drug-likeness (QED) is 0.467. The van der Waals surface area contributed by atoms with Gasteiger partial charge in [0.15, 0.2) is 5.78 Å². The van der Waals surface area contributed by atoms with Crippen LogP contribution in [0, 0.1) is 35.0 Å². The van der Waals surface area contributed by atoms with E-state index in [4.69, 9.17) is 0 Å². The number of carbonyl (C=O) groups is 2. The largest absolute Gasteiger partial charge is 0.299 e. The average molecular weight is 493 g/mol. The molecule has 0 saturated heterocycles. The summed E-state index contributed by atoms with van der Waals surface area (Å²) in [5.74, 6) is 3.18. The first kappa shape index (κ1) is 23.3. The maximum Gasteiger partial charge on any atom is 0.156 e. The Hall–Kier alpha value is -2.88. The van der Waals surface area contributed by atoms with Gasteiger partial charge in [-0.15, -0.1) is 0 Å². The summed E-state index contributed by atoms with van der Waals surface area (Å²) in [6, 6.07) is 8.93. The lowest BCUT2D eigenvalue weighted by molar-refractivity contribution is -0.130. The van der Waals surface area contributed by atoms with Crippen LogP contribution in [0.15, 0.2) is 65.7 Å². The predicted octanol–water partition coefficient (Wildman–Crippen LogP) is 6.88. The molecular formula is C33H36N2O2. The Morgan fingerprint density at radius 1 is 1.03 bits per heavy atom. The molecule has 0 bridgehead atoms. The fraction of sp³-hybridized carbons (Fsp3) is 0.515. The molecule has 1 aromatic carbocycles. The second-order valence-corrected chi connectivity index (χ2v) is 12.7. The van der Waals surface area contributed by atoms with E-state index in [0.717, 1.165) is 56.2 Å². The molecule has 0 spiro atoms. The topological polar surface area (TPSA) is 59.9 Å². The highest BCUT2D eigenvalue weighted by molar-refractivity contribution is 5.93. The Kier molecular flexibility index (Phi) is 5.39. The number of rotatable bonds is 4. The van der Waals surface area contributed by atoms with Gasteiger partial charge in [-0.2, -0.15) is 0 Å². The molecule has 3 saturated carbocycles. The molecule has 0 N–H and O–H groups in total. The standard InChI is InChI=1S/C33H36N2O2/c1-19-15-28-26-11-9-23-16-24(36)10-12-25(23)30(26)27(17-33(28,2)31(19)32(37)22-7-8-22)20-3-5-21(6-4-20)29-18-34-13-14-35-29/h3-6,13-14,16,18-19,22,26-28,31H,7-12,15,17H2,1-2H3/t19-,26+,27-,28+,31-,33+/m1/s1. The van der Waals surface area contributed by atoms with Crippen molar-refractivity contribution in [2.45, 2.75) is 71.1 Å². The van der Waals surface area contributed by atoms with Crippen LogP contribution >= 0.6 is 0 Å². The highest BCUT2D eigenvalue weighted by atomic mass is 16.1. The molecular weight excluding hydrogens is 456 g/mol. The summed E-state index contributed by atoms with van der Waals surface area (Å²) in [6.45, 7) is 4.81. The van der Waals surface area contributed by atoms with Gasteiger partial charge in [-0.05, 0) is 90.9 Å². The third-order valence-electron chi connectivity index (χ3n) is 10.5. The second kappa shape index (κ2) is 8.58. The van der Waals surface area contributed by atoms with Crippen molar-refractivity contribution in [1.82, 2.24) is 9.97 Å². The second-order valence-electron chi connectivity index (χ2n) is 12.7. The van der Waals surface area contributed by atoms with E-state index in [1.165, 1.54) is 16.7 Å². The van der Waals surface area contributed by atoms with Crippen LogP contribution in [0.3, 0.4) is 0 Å². The molecule has 4 heteroatoms. The zero-order valence-electron chi connectivity index (χ0n) is 22.0. The van der Waals surface area contributed by atoms with Crippen LogP contribution in [0.5, 0.6) is 0 Å². The SMILES string of the molecule is C[C@@H]1C[C@H]2[C@@H]3CCC4=CC(=O)CCC4=C3[C@@H](c3ccc(-c4cnccn4)cc3)C[C@]2(C)[C@H]1C(=O)C1CC1. The highest BCUT2D eigenvalue weighted by Gasteiger charge is 2.61. The molecule has 37 heavy (non-hydrogen) atoms. The minimum Gasteiger partial charge on any atom is -0.299 e. The van der Waals surface area contributed by atoms with Gasteiger partial charge in [0.2, 0.25) is 0 Å². The Balaban J connectivity index is 1.34. The van der Waals surface area contributed by atoms with Crippen LogP contribution in [-0.4, -0.2) is 21.5 Å². The average Bonchev–Trinajstić information content (AvgIpc) is 3.72. The normalized spacial score (nSPS) is 34.9. The molecule has 5 aliphatic carbocycles. The molecule has 0 amide bonds. The minimum atomic E-state index is 0.0355. The molecule has 0 unspecified atom stereocenters. The number of aromatic nitrogens is 2. The first-order valence-electron chi connectivity index (χ1n) is 14.3. The van der Waals surface area contributed by atoms with Crippen molar-refractivity contribution in [2.24, 2.45) is 35.0 Å². The van der Waals surface area contributed by atoms with E-state index in [2.05, 4.69) is 48.1 Å². The summed E-state index contributed by atoms with van der Waals surface area (Å²) in [5.41, 5.74) is 7.72. The van der Waals surface area contributed by atoms with Gasteiger partial charge in [0.25, 0.3) is 0 Å². The number of Topliss-reactive ketones (excluding diaryl/α,β-unsaturated/α-hetero) is 1. The van der Waals surface area contributed by atoms with Gasteiger partial charge in [0, 0.05) is 42.1 Å². The molecule has 6 atom stereocenters. The van der Waals surface area contributed by atoms with Gasteiger partial charge in [-0.3, -0.25) is 19.6 Å². The van der Waals surface area contributed by atoms with Crippen molar-refractivity contribution in [3.8, 4) is 11.3 Å². The fourth-order valence-electron chi connectivity index (χ4n) is 8.89. The fourth-order valence-corrected chi connectivity index (χ4v) is 8.89. The predicted molar refractivity (Wildman–Crippen MR) is 143 cm³/mol. The lowest BCUT2D eigenvalue weighted by Gasteiger charge is -2.52. The summed E-state index contributed by atoms with van der Waals surface area (Å²) in [6.07, 6.45) is 15.2. The zero-order chi connectivity index (χ0) is 25.3. The van der Waals surface area contributed by atoms with E-state index >= 15 is 0 Å². The molecule has 0 radical (unpaired) electrons. The van der Waals surface area contributed by atoms with E-state index in [1.807, 2.05) is 12.3 Å². The molecule has 0 aliphatic heterocycles. The lowest BCUT2D eigenvalue weighted by Crippen LogP contribution is -2.45. The Bertz CT molecular complexity index is 1320. The van der Waals surface area contributed by atoms with Crippen molar-refractivity contribution in [3.05, 3.63) is 71.2 Å². The van der Waals surface area contributed by atoms with Crippen LogP contribution in [0.1, 0.15) is 76.7 Å². The molecule has 3 fully saturated rings. The number of ketones is 2. The lowest BCUT2D eigenvalue weighted by atomic mass is 9.51. The summed E-state index contributed by atoms with van der Waals surface area (Å²) < 4.78 is 0. The number of benzene rings is 1. The summed E-state index contributed by atoms with van der Waals surface area (Å²) in [7, 11) is 0. The monoisotopic (exact) mass is 492 g/mol. The molecule has 5 aliphatic rings. The number of allylic oxidation sites excluding steroid dienone is 4. The third-order valence-corrected chi connectivity index (χ3v) is 10.5. The van der Waals surface area contributed by atoms with Crippen molar-refractivity contribution < 1.29 is 9.59 Å². The molecule has 190 valence electrons. The van der Waals surface area contributed by atoms with Crippen molar-refractivity contribution >= 4 is 11.6 Å².